The molecule has 0 saturated carbocycles. The highest BCUT2D eigenvalue weighted by Gasteiger charge is 2.53. The van der Waals surface area contributed by atoms with E-state index in [-0.39, 0.29) is 6.61 Å². The molecule has 1 aliphatic rings. The molecule has 0 aromatic heterocycles. The van der Waals surface area contributed by atoms with Crippen molar-refractivity contribution < 1.29 is 28.6 Å². The van der Waals surface area contributed by atoms with Gasteiger partial charge in [-0.1, -0.05) is 23.7 Å². The van der Waals surface area contributed by atoms with Gasteiger partial charge >= 0.3 is 17.9 Å². The number of hydrogen-bond donors (Lipinski definition) is 0. The Bertz CT molecular complexity index is 582. The minimum absolute atomic E-state index is 0.142. The molecule has 0 amide bonds. The molecule has 0 radical (unpaired) electrons. The molecule has 1 fully saturated rings. The van der Waals surface area contributed by atoms with E-state index in [1.54, 1.807) is 31.2 Å². The van der Waals surface area contributed by atoms with Crippen molar-refractivity contribution in [1.29, 1.82) is 0 Å². The van der Waals surface area contributed by atoms with Crippen LogP contribution < -0.4 is 0 Å². The smallest absolute Gasteiger partial charge is 0.348 e. The van der Waals surface area contributed by atoms with Gasteiger partial charge in [0.25, 0.3) is 0 Å². The zero-order valence-corrected chi connectivity index (χ0v) is 12.8. The highest BCUT2D eigenvalue weighted by molar-refractivity contribution is 6.30. The molecule has 0 bridgehead atoms. The molecule has 0 aliphatic carbocycles. The number of benzene rings is 1. The van der Waals surface area contributed by atoms with Crippen LogP contribution in [0.5, 0.6) is 0 Å². The summed E-state index contributed by atoms with van der Waals surface area (Å²) in [6.45, 7) is 1.78. The molecular formula is C15H15ClO6. The van der Waals surface area contributed by atoms with Crippen LogP contribution in [-0.2, 0) is 28.6 Å². The third-order valence-corrected chi connectivity index (χ3v) is 3.66. The standard InChI is InChI=1S/C15H15ClO6/c1-3-21-15(19)12-10(8-4-6-9(16)7-5-8)11(13(17)20-2)14(18)22-12/h4-7,10-12H,3H2,1-2H3/t10-,11+,12+/m0/s1. The number of cyclic esters (lactones) is 1. The maximum atomic E-state index is 12.0. The number of carbonyl (C=O) groups is 3. The summed E-state index contributed by atoms with van der Waals surface area (Å²) in [6.07, 6.45) is -1.18. The van der Waals surface area contributed by atoms with Crippen LogP contribution in [-0.4, -0.2) is 37.7 Å². The topological polar surface area (TPSA) is 78.9 Å². The predicted octanol–water partition coefficient (Wildman–Crippen LogP) is 1.70. The Labute approximate surface area is 132 Å². The Morgan fingerprint density at radius 1 is 1.23 bits per heavy atom. The van der Waals surface area contributed by atoms with Gasteiger partial charge in [-0.2, -0.15) is 0 Å². The first-order valence-corrected chi connectivity index (χ1v) is 7.07. The van der Waals surface area contributed by atoms with Gasteiger partial charge in [0, 0.05) is 5.02 Å². The summed E-state index contributed by atoms with van der Waals surface area (Å²) in [5, 5.41) is 0.497. The first-order valence-electron chi connectivity index (χ1n) is 6.70. The molecule has 7 heteroatoms. The molecule has 3 atom stereocenters. The summed E-state index contributed by atoms with van der Waals surface area (Å²) in [5.74, 6) is -4.26. The fourth-order valence-corrected chi connectivity index (χ4v) is 2.56. The Morgan fingerprint density at radius 2 is 1.86 bits per heavy atom. The minimum atomic E-state index is -1.21. The molecule has 2 rings (SSSR count). The maximum absolute atomic E-state index is 12.0. The summed E-state index contributed by atoms with van der Waals surface area (Å²) < 4.78 is 14.6. The van der Waals surface area contributed by atoms with Crippen LogP contribution in [0.2, 0.25) is 5.02 Å². The summed E-state index contributed by atoms with van der Waals surface area (Å²) in [4.78, 5) is 35.9. The fourth-order valence-electron chi connectivity index (χ4n) is 2.43. The van der Waals surface area contributed by atoms with Gasteiger partial charge in [-0.05, 0) is 24.6 Å². The van der Waals surface area contributed by atoms with Crippen molar-refractivity contribution in [1.82, 2.24) is 0 Å². The van der Waals surface area contributed by atoms with E-state index in [1.807, 2.05) is 0 Å². The van der Waals surface area contributed by atoms with Gasteiger partial charge in [0.15, 0.2) is 5.92 Å². The van der Waals surface area contributed by atoms with Gasteiger partial charge < -0.3 is 14.2 Å². The lowest BCUT2D eigenvalue weighted by Crippen LogP contribution is -2.32. The summed E-state index contributed by atoms with van der Waals surface area (Å²) in [7, 11) is 1.17. The molecule has 1 aromatic carbocycles. The third-order valence-electron chi connectivity index (χ3n) is 3.41. The number of methoxy groups -OCH3 is 1. The lowest BCUT2D eigenvalue weighted by atomic mass is 9.84. The first kappa shape index (κ1) is 16.3. The van der Waals surface area contributed by atoms with Gasteiger partial charge in [-0.3, -0.25) is 9.59 Å². The second-order valence-corrected chi connectivity index (χ2v) is 5.12. The van der Waals surface area contributed by atoms with Gasteiger partial charge in [0.05, 0.1) is 19.6 Å². The molecule has 1 aromatic rings. The zero-order valence-electron chi connectivity index (χ0n) is 12.1. The largest absolute Gasteiger partial charge is 0.468 e. The number of hydrogen-bond acceptors (Lipinski definition) is 6. The number of carbonyl (C=O) groups excluding carboxylic acids is 3. The Hall–Kier alpha value is -2.08. The molecule has 1 saturated heterocycles. The van der Waals surface area contributed by atoms with Crippen LogP contribution in [0.4, 0.5) is 0 Å². The van der Waals surface area contributed by atoms with Crippen LogP contribution in [0.25, 0.3) is 0 Å². The van der Waals surface area contributed by atoms with Crippen molar-refractivity contribution in [3.8, 4) is 0 Å². The highest BCUT2D eigenvalue weighted by atomic mass is 35.5. The summed E-state index contributed by atoms with van der Waals surface area (Å²) in [6, 6.07) is 6.49. The predicted molar refractivity (Wildman–Crippen MR) is 76.2 cm³/mol. The van der Waals surface area contributed by atoms with Crippen molar-refractivity contribution in [2.45, 2.75) is 18.9 Å². The molecule has 0 N–H and O–H groups in total. The van der Waals surface area contributed by atoms with E-state index < -0.39 is 35.8 Å². The van der Waals surface area contributed by atoms with Crippen molar-refractivity contribution in [2.24, 2.45) is 5.92 Å². The number of ether oxygens (including phenoxy) is 3. The van der Waals surface area contributed by atoms with Crippen LogP contribution in [0.1, 0.15) is 18.4 Å². The third kappa shape index (κ3) is 3.06. The molecular weight excluding hydrogens is 312 g/mol. The van der Waals surface area contributed by atoms with E-state index in [4.69, 9.17) is 21.1 Å². The number of halogens is 1. The quantitative estimate of drug-likeness (QED) is 0.476. The van der Waals surface area contributed by atoms with Gasteiger partial charge in [-0.15, -0.1) is 0 Å². The average Bonchev–Trinajstić information content (AvgIpc) is 2.85. The van der Waals surface area contributed by atoms with E-state index in [0.29, 0.717) is 10.6 Å². The molecule has 1 aliphatic heterocycles. The number of rotatable bonds is 4. The Balaban J connectivity index is 2.42. The zero-order chi connectivity index (χ0) is 16.3. The van der Waals surface area contributed by atoms with E-state index in [1.165, 1.54) is 7.11 Å². The monoisotopic (exact) mass is 326 g/mol. The molecule has 0 unspecified atom stereocenters. The van der Waals surface area contributed by atoms with E-state index in [0.717, 1.165) is 0 Å². The van der Waals surface area contributed by atoms with Crippen molar-refractivity contribution in [3.63, 3.8) is 0 Å². The van der Waals surface area contributed by atoms with Gasteiger partial charge in [-0.25, -0.2) is 4.79 Å². The highest BCUT2D eigenvalue weighted by Crippen LogP contribution is 2.39. The maximum Gasteiger partial charge on any atom is 0.348 e. The van der Waals surface area contributed by atoms with Crippen LogP contribution >= 0.6 is 11.6 Å². The van der Waals surface area contributed by atoms with Crippen molar-refractivity contribution in [3.05, 3.63) is 34.9 Å². The van der Waals surface area contributed by atoms with Crippen molar-refractivity contribution in [2.75, 3.05) is 13.7 Å². The van der Waals surface area contributed by atoms with Gasteiger partial charge in [0.2, 0.25) is 6.10 Å². The summed E-state index contributed by atoms with van der Waals surface area (Å²) >= 11 is 5.84. The van der Waals surface area contributed by atoms with Crippen molar-refractivity contribution >= 4 is 29.5 Å². The first-order chi connectivity index (χ1) is 10.5. The molecule has 0 spiro atoms. The Kier molecular flexibility index (Phi) is 5.03. The van der Waals surface area contributed by atoms with Gasteiger partial charge in [0.1, 0.15) is 0 Å². The summed E-state index contributed by atoms with van der Waals surface area (Å²) in [5.41, 5.74) is 0.573. The fraction of sp³-hybridized carbons (Fsp3) is 0.400. The molecule has 118 valence electrons. The Morgan fingerprint density at radius 3 is 2.41 bits per heavy atom. The lowest BCUT2D eigenvalue weighted by Gasteiger charge is -2.19. The lowest BCUT2D eigenvalue weighted by molar-refractivity contribution is -0.163. The second-order valence-electron chi connectivity index (χ2n) is 4.69. The van der Waals surface area contributed by atoms with E-state index in [2.05, 4.69) is 4.74 Å². The molecule has 22 heavy (non-hydrogen) atoms. The average molecular weight is 327 g/mol. The van der Waals surface area contributed by atoms with Crippen LogP contribution in [0.15, 0.2) is 24.3 Å². The van der Waals surface area contributed by atoms with E-state index >= 15 is 0 Å². The SMILES string of the molecule is CCOC(=O)[C@@H]1OC(=O)[C@@H](C(=O)OC)[C@@H]1c1ccc(Cl)cc1. The second kappa shape index (κ2) is 6.79. The number of esters is 3. The molecule has 1 heterocycles. The molecule has 6 nitrogen and oxygen atoms in total. The normalized spacial score (nSPS) is 23.8. The van der Waals surface area contributed by atoms with E-state index in [9.17, 15) is 14.4 Å². The van der Waals surface area contributed by atoms with Crippen LogP contribution in [0, 0.1) is 5.92 Å². The van der Waals surface area contributed by atoms with Crippen LogP contribution in [0.3, 0.4) is 0 Å². The minimum Gasteiger partial charge on any atom is -0.468 e.